The van der Waals surface area contributed by atoms with Crippen LogP contribution in [0.4, 0.5) is 0 Å². The first-order chi connectivity index (χ1) is 9.52. The van der Waals surface area contributed by atoms with Crippen LogP contribution in [-0.2, 0) is 9.84 Å². The Bertz CT molecular complexity index is 611. The van der Waals surface area contributed by atoms with Gasteiger partial charge < -0.3 is 5.32 Å². The molecule has 1 amide bonds. The highest BCUT2D eigenvalue weighted by molar-refractivity contribution is 8.02. The fraction of sp³-hybridized carbons (Fsp3) is 0.357. The van der Waals surface area contributed by atoms with Crippen LogP contribution in [0.3, 0.4) is 0 Å². The van der Waals surface area contributed by atoms with Crippen molar-refractivity contribution in [3.05, 3.63) is 42.5 Å². The average molecular weight is 311 g/mol. The van der Waals surface area contributed by atoms with E-state index in [0.29, 0.717) is 18.5 Å². The topological polar surface area (TPSA) is 63.2 Å². The summed E-state index contributed by atoms with van der Waals surface area (Å²) in [6.45, 7) is 3.97. The quantitative estimate of drug-likeness (QED) is 0.843. The largest absolute Gasteiger partial charge is 0.349 e. The van der Waals surface area contributed by atoms with E-state index in [9.17, 15) is 13.2 Å². The molecule has 20 heavy (non-hydrogen) atoms. The van der Waals surface area contributed by atoms with Crippen LogP contribution in [0.5, 0.6) is 0 Å². The number of carbonyl (C=O) groups excluding carboxylic acids is 1. The van der Waals surface area contributed by atoms with Crippen LogP contribution in [0, 0.1) is 0 Å². The van der Waals surface area contributed by atoms with Gasteiger partial charge in [0.2, 0.25) is 0 Å². The third kappa shape index (κ3) is 3.86. The Balaban J connectivity index is 2.12. The van der Waals surface area contributed by atoms with Crippen LogP contribution >= 0.6 is 11.8 Å². The Kier molecular flexibility index (Phi) is 4.88. The molecule has 108 valence electrons. The third-order valence-electron chi connectivity index (χ3n) is 3.02. The average Bonchev–Trinajstić information content (AvgIpc) is 2.76. The number of hydrogen-bond acceptors (Lipinski definition) is 4. The predicted octanol–water partition coefficient (Wildman–Crippen LogP) is 1.88. The van der Waals surface area contributed by atoms with Gasteiger partial charge in [-0.25, -0.2) is 8.42 Å². The molecule has 2 rings (SSSR count). The Morgan fingerprint density at radius 1 is 1.45 bits per heavy atom. The van der Waals surface area contributed by atoms with Crippen LogP contribution in [0.2, 0.25) is 0 Å². The Morgan fingerprint density at radius 2 is 2.20 bits per heavy atom. The first kappa shape index (κ1) is 15.1. The molecule has 0 bridgehead atoms. The standard InChI is InChI=1S/C14H17NO3S2/c1-2-8-15-14(16)12-5-3-4-6-13(12)19-11-7-9-20(17,18)10-11/h2-6,11H,1,7-10H2,(H,15,16). The van der Waals surface area contributed by atoms with E-state index in [-0.39, 0.29) is 22.7 Å². The van der Waals surface area contributed by atoms with Crippen molar-refractivity contribution in [2.24, 2.45) is 0 Å². The molecule has 4 nitrogen and oxygen atoms in total. The molecule has 0 spiro atoms. The summed E-state index contributed by atoms with van der Waals surface area (Å²) in [6.07, 6.45) is 2.27. The molecular formula is C14H17NO3S2. The predicted molar refractivity (Wildman–Crippen MR) is 81.9 cm³/mol. The SMILES string of the molecule is C=CCNC(=O)c1ccccc1SC1CCS(=O)(=O)C1. The maximum Gasteiger partial charge on any atom is 0.252 e. The Morgan fingerprint density at radius 3 is 2.85 bits per heavy atom. The summed E-state index contributed by atoms with van der Waals surface area (Å²) >= 11 is 1.48. The first-order valence-corrected chi connectivity index (χ1v) is 9.07. The van der Waals surface area contributed by atoms with E-state index in [0.717, 1.165) is 4.90 Å². The number of hydrogen-bond donors (Lipinski definition) is 1. The second kappa shape index (κ2) is 6.45. The highest BCUT2D eigenvalue weighted by atomic mass is 32.2. The van der Waals surface area contributed by atoms with E-state index in [2.05, 4.69) is 11.9 Å². The van der Waals surface area contributed by atoms with Gasteiger partial charge >= 0.3 is 0 Å². The second-order valence-electron chi connectivity index (χ2n) is 4.64. The van der Waals surface area contributed by atoms with E-state index in [1.165, 1.54) is 11.8 Å². The molecule has 1 atom stereocenters. The number of nitrogens with one attached hydrogen (secondary N) is 1. The van der Waals surface area contributed by atoms with Crippen LogP contribution in [0.1, 0.15) is 16.8 Å². The molecule has 0 radical (unpaired) electrons. The molecule has 1 fully saturated rings. The van der Waals surface area contributed by atoms with Crippen LogP contribution < -0.4 is 5.32 Å². The van der Waals surface area contributed by atoms with Gasteiger partial charge in [0.15, 0.2) is 9.84 Å². The summed E-state index contributed by atoms with van der Waals surface area (Å²) in [7, 11) is -2.90. The van der Waals surface area contributed by atoms with Gasteiger partial charge in [-0.1, -0.05) is 18.2 Å². The normalized spacial score (nSPS) is 20.5. The van der Waals surface area contributed by atoms with Crippen molar-refractivity contribution in [3.8, 4) is 0 Å². The zero-order chi connectivity index (χ0) is 14.6. The number of rotatable bonds is 5. The summed E-state index contributed by atoms with van der Waals surface area (Å²) in [6, 6.07) is 7.27. The van der Waals surface area contributed by atoms with Crippen molar-refractivity contribution in [2.75, 3.05) is 18.1 Å². The number of sulfone groups is 1. The smallest absolute Gasteiger partial charge is 0.252 e. The highest BCUT2D eigenvalue weighted by Gasteiger charge is 2.29. The summed E-state index contributed by atoms with van der Waals surface area (Å²) < 4.78 is 23.0. The van der Waals surface area contributed by atoms with E-state index in [1.54, 1.807) is 18.2 Å². The molecule has 1 N–H and O–H groups in total. The third-order valence-corrected chi connectivity index (χ3v) is 6.35. The molecule has 0 aromatic heterocycles. The van der Waals surface area contributed by atoms with Gasteiger partial charge in [0, 0.05) is 16.7 Å². The van der Waals surface area contributed by atoms with Gasteiger partial charge in [0.1, 0.15) is 0 Å². The van der Waals surface area contributed by atoms with Crippen molar-refractivity contribution in [2.45, 2.75) is 16.6 Å². The number of amides is 1. The lowest BCUT2D eigenvalue weighted by Gasteiger charge is -2.12. The summed E-state index contributed by atoms with van der Waals surface area (Å²) in [5.41, 5.74) is 0.587. The monoisotopic (exact) mass is 311 g/mol. The van der Waals surface area contributed by atoms with Gasteiger partial charge in [0.05, 0.1) is 17.1 Å². The molecule has 0 aliphatic carbocycles. The Labute approximate surface area is 123 Å². The first-order valence-electron chi connectivity index (χ1n) is 6.37. The maximum atomic E-state index is 12.0. The summed E-state index contributed by atoms with van der Waals surface area (Å²) in [4.78, 5) is 12.9. The van der Waals surface area contributed by atoms with E-state index in [1.807, 2.05) is 12.1 Å². The molecule has 0 saturated carbocycles. The van der Waals surface area contributed by atoms with E-state index < -0.39 is 9.84 Å². The molecule has 6 heteroatoms. The molecule has 1 saturated heterocycles. The number of carbonyl (C=O) groups is 1. The van der Waals surface area contributed by atoms with Crippen molar-refractivity contribution in [1.29, 1.82) is 0 Å². The van der Waals surface area contributed by atoms with Crippen LogP contribution in [-0.4, -0.2) is 37.6 Å². The zero-order valence-electron chi connectivity index (χ0n) is 11.0. The van der Waals surface area contributed by atoms with E-state index in [4.69, 9.17) is 0 Å². The van der Waals surface area contributed by atoms with Gasteiger partial charge in [-0.3, -0.25) is 4.79 Å². The van der Waals surface area contributed by atoms with Gasteiger partial charge in [-0.15, -0.1) is 18.3 Å². The highest BCUT2D eigenvalue weighted by Crippen LogP contribution is 2.32. The van der Waals surface area contributed by atoms with Crippen molar-refractivity contribution in [3.63, 3.8) is 0 Å². The van der Waals surface area contributed by atoms with Crippen LogP contribution in [0.15, 0.2) is 41.8 Å². The fourth-order valence-corrected chi connectivity index (χ4v) is 5.68. The minimum atomic E-state index is -2.90. The summed E-state index contributed by atoms with van der Waals surface area (Å²) in [5, 5.41) is 2.78. The fourth-order valence-electron chi connectivity index (χ4n) is 2.05. The molecule has 1 unspecified atom stereocenters. The molecule has 1 aromatic rings. The lowest BCUT2D eigenvalue weighted by molar-refractivity contribution is 0.0955. The minimum absolute atomic E-state index is 0.0355. The number of benzene rings is 1. The molecule has 1 heterocycles. The lowest BCUT2D eigenvalue weighted by Crippen LogP contribution is -2.24. The second-order valence-corrected chi connectivity index (χ2v) is 8.21. The molecule has 1 aliphatic heterocycles. The van der Waals surface area contributed by atoms with Gasteiger partial charge in [-0.05, 0) is 18.6 Å². The molecule has 1 aliphatic rings. The maximum absolute atomic E-state index is 12.0. The van der Waals surface area contributed by atoms with Crippen molar-refractivity contribution < 1.29 is 13.2 Å². The molecule has 1 aromatic carbocycles. The van der Waals surface area contributed by atoms with Gasteiger partial charge in [0.25, 0.3) is 5.91 Å². The van der Waals surface area contributed by atoms with Crippen molar-refractivity contribution >= 4 is 27.5 Å². The Hall–Kier alpha value is -1.27. The van der Waals surface area contributed by atoms with Crippen LogP contribution in [0.25, 0.3) is 0 Å². The number of thioether (sulfide) groups is 1. The van der Waals surface area contributed by atoms with Gasteiger partial charge in [-0.2, -0.15) is 0 Å². The summed E-state index contributed by atoms with van der Waals surface area (Å²) in [5.74, 6) is 0.282. The lowest BCUT2D eigenvalue weighted by atomic mass is 10.2. The zero-order valence-corrected chi connectivity index (χ0v) is 12.7. The van der Waals surface area contributed by atoms with Crippen molar-refractivity contribution in [1.82, 2.24) is 5.32 Å². The molecular weight excluding hydrogens is 294 g/mol. The minimum Gasteiger partial charge on any atom is -0.349 e. The van der Waals surface area contributed by atoms with E-state index >= 15 is 0 Å².